The predicted molar refractivity (Wildman–Crippen MR) is 74.0 cm³/mol. The molecule has 0 saturated heterocycles. The van der Waals surface area contributed by atoms with E-state index >= 15 is 0 Å². The first-order valence-corrected chi connectivity index (χ1v) is 6.02. The molecule has 0 atom stereocenters. The second kappa shape index (κ2) is 4.52. The van der Waals surface area contributed by atoms with Crippen LogP contribution in [0, 0.1) is 12.7 Å². The lowest BCUT2D eigenvalue weighted by Gasteiger charge is -2.08. The van der Waals surface area contributed by atoms with E-state index in [1.54, 1.807) is 6.07 Å². The van der Waals surface area contributed by atoms with Gasteiger partial charge in [0.1, 0.15) is 17.2 Å². The molecule has 1 radical (unpaired) electrons. The first-order chi connectivity index (χ1) is 9.19. The molecule has 1 heterocycles. The molecule has 0 amide bonds. The van der Waals surface area contributed by atoms with Crippen LogP contribution in [0.4, 0.5) is 4.39 Å². The van der Waals surface area contributed by atoms with Gasteiger partial charge in [0.2, 0.25) is 0 Å². The average Bonchev–Trinajstić information content (AvgIpc) is 2.77. The van der Waals surface area contributed by atoms with Crippen molar-refractivity contribution >= 4 is 11.0 Å². The zero-order valence-electron chi connectivity index (χ0n) is 10.3. The van der Waals surface area contributed by atoms with Crippen LogP contribution in [0.3, 0.4) is 0 Å². The van der Waals surface area contributed by atoms with Crippen molar-refractivity contribution in [2.45, 2.75) is 6.54 Å². The van der Waals surface area contributed by atoms with E-state index in [-0.39, 0.29) is 5.82 Å². The number of nitrogens with two attached hydrogens (primary N) is 1. The summed E-state index contributed by atoms with van der Waals surface area (Å²) in [5.74, 6) is 0.224. The molecule has 0 bridgehead atoms. The van der Waals surface area contributed by atoms with Crippen molar-refractivity contribution < 1.29 is 8.81 Å². The third kappa shape index (κ3) is 2.02. The highest BCUT2D eigenvalue weighted by atomic mass is 19.1. The van der Waals surface area contributed by atoms with Crippen LogP contribution in [0.5, 0.6) is 0 Å². The predicted octanol–water partition coefficient (Wildman–Crippen LogP) is 3.88. The van der Waals surface area contributed by atoms with Gasteiger partial charge >= 0.3 is 0 Å². The van der Waals surface area contributed by atoms with Crippen LogP contribution in [0.1, 0.15) is 11.3 Å². The molecule has 0 aliphatic rings. The van der Waals surface area contributed by atoms with Crippen LogP contribution in [-0.2, 0) is 6.54 Å². The van der Waals surface area contributed by atoms with Gasteiger partial charge in [0.25, 0.3) is 0 Å². The van der Waals surface area contributed by atoms with Gasteiger partial charge < -0.3 is 10.2 Å². The van der Waals surface area contributed by atoms with Crippen LogP contribution in [0.25, 0.3) is 22.1 Å². The lowest BCUT2D eigenvalue weighted by atomic mass is 9.98. The molecule has 19 heavy (non-hydrogen) atoms. The fourth-order valence-electron chi connectivity index (χ4n) is 2.33. The van der Waals surface area contributed by atoms with Crippen LogP contribution >= 0.6 is 0 Å². The molecule has 95 valence electrons. The Morgan fingerprint density at radius 3 is 2.68 bits per heavy atom. The van der Waals surface area contributed by atoms with Crippen molar-refractivity contribution in [2.75, 3.05) is 0 Å². The summed E-state index contributed by atoms with van der Waals surface area (Å²) in [7, 11) is 0. The van der Waals surface area contributed by atoms with E-state index in [0.717, 1.165) is 11.1 Å². The summed E-state index contributed by atoms with van der Waals surface area (Å²) < 4.78 is 19.3. The summed E-state index contributed by atoms with van der Waals surface area (Å²) in [6.07, 6.45) is 0. The highest BCUT2D eigenvalue weighted by Gasteiger charge is 2.13. The van der Waals surface area contributed by atoms with Crippen LogP contribution in [0.15, 0.2) is 46.9 Å². The molecule has 3 heteroatoms. The van der Waals surface area contributed by atoms with Crippen molar-refractivity contribution in [2.24, 2.45) is 5.73 Å². The van der Waals surface area contributed by atoms with E-state index < -0.39 is 0 Å². The van der Waals surface area contributed by atoms with E-state index in [0.29, 0.717) is 28.8 Å². The van der Waals surface area contributed by atoms with Crippen LogP contribution < -0.4 is 5.73 Å². The van der Waals surface area contributed by atoms with Gasteiger partial charge in [-0.1, -0.05) is 24.3 Å². The van der Waals surface area contributed by atoms with E-state index in [9.17, 15) is 4.39 Å². The summed E-state index contributed by atoms with van der Waals surface area (Å²) in [5.41, 5.74) is 8.95. The van der Waals surface area contributed by atoms with Gasteiger partial charge in [-0.25, -0.2) is 4.39 Å². The maximum atomic E-state index is 13.7. The van der Waals surface area contributed by atoms with Crippen molar-refractivity contribution in [3.63, 3.8) is 0 Å². The zero-order valence-corrected chi connectivity index (χ0v) is 10.3. The number of halogens is 1. The standard InChI is InChI=1S/C16H13FNO/c1-10-6-12-7-13(17)8-15(16(12)19-10)14-5-3-2-4-11(14)9-18/h2-8H,1,9,18H2. The summed E-state index contributed by atoms with van der Waals surface area (Å²) in [6, 6.07) is 12.3. The first kappa shape index (κ1) is 11.9. The number of benzene rings is 2. The van der Waals surface area contributed by atoms with Gasteiger partial charge in [0, 0.05) is 24.4 Å². The average molecular weight is 254 g/mol. The highest BCUT2D eigenvalue weighted by molar-refractivity contribution is 5.93. The number of hydrogen-bond donors (Lipinski definition) is 1. The Labute approximate surface area is 110 Å². The number of fused-ring (bicyclic) bond motifs is 1. The highest BCUT2D eigenvalue weighted by Crippen LogP contribution is 2.33. The van der Waals surface area contributed by atoms with E-state index in [1.165, 1.54) is 12.1 Å². The summed E-state index contributed by atoms with van der Waals surface area (Å²) >= 11 is 0. The molecule has 2 N–H and O–H groups in total. The van der Waals surface area contributed by atoms with Crippen molar-refractivity contribution in [3.05, 3.63) is 66.5 Å². The smallest absolute Gasteiger partial charge is 0.142 e. The van der Waals surface area contributed by atoms with E-state index in [4.69, 9.17) is 10.2 Å². The number of furan rings is 1. The normalized spacial score (nSPS) is 11.1. The van der Waals surface area contributed by atoms with Gasteiger partial charge in [-0.2, -0.15) is 0 Å². The van der Waals surface area contributed by atoms with Gasteiger partial charge in [0.05, 0.1) is 0 Å². The van der Waals surface area contributed by atoms with Gasteiger partial charge in [-0.3, -0.25) is 0 Å². The fraction of sp³-hybridized carbons (Fsp3) is 0.0625. The molecule has 0 unspecified atom stereocenters. The van der Waals surface area contributed by atoms with E-state index in [1.807, 2.05) is 24.3 Å². The summed E-state index contributed by atoms with van der Waals surface area (Å²) in [5, 5.41) is 0.715. The molecule has 0 aliphatic heterocycles. The maximum absolute atomic E-state index is 13.7. The molecular weight excluding hydrogens is 241 g/mol. The molecule has 0 aliphatic carbocycles. The second-order valence-corrected chi connectivity index (χ2v) is 4.45. The molecule has 0 fully saturated rings. The third-order valence-electron chi connectivity index (χ3n) is 3.16. The first-order valence-electron chi connectivity index (χ1n) is 6.02. The van der Waals surface area contributed by atoms with Gasteiger partial charge in [-0.05, 0) is 29.3 Å². The lowest BCUT2D eigenvalue weighted by Crippen LogP contribution is -1.98. The summed E-state index contributed by atoms with van der Waals surface area (Å²) in [6.45, 7) is 4.15. The minimum Gasteiger partial charge on any atom is -0.460 e. The van der Waals surface area contributed by atoms with Gasteiger partial charge in [0.15, 0.2) is 0 Å². The molecule has 3 rings (SSSR count). The monoisotopic (exact) mass is 254 g/mol. The van der Waals surface area contributed by atoms with Crippen molar-refractivity contribution in [1.29, 1.82) is 0 Å². The molecule has 0 saturated carbocycles. The van der Waals surface area contributed by atoms with Crippen molar-refractivity contribution in [3.8, 4) is 11.1 Å². The molecule has 0 spiro atoms. The molecular formula is C16H13FNO. The van der Waals surface area contributed by atoms with E-state index in [2.05, 4.69) is 6.92 Å². The molecule has 2 aromatic carbocycles. The molecule has 2 nitrogen and oxygen atoms in total. The number of hydrogen-bond acceptors (Lipinski definition) is 2. The topological polar surface area (TPSA) is 39.2 Å². The SMILES string of the molecule is [CH2]c1cc2cc(F)cc(-c3ccccc3CN)c2o1. The molecule has 3 aromatic rings. The molecule has 1 aromatic heterocycles. The minimum absolute atomic E-state index is 0.296. The Hall–Kier alpha value is -2.13. The fourth-order valence-corrected chi connectivity index (χ4v) is 2.33. The Morgan fingerprint density at radius 1 is 1.11 bits per heavy atom. The van der Waals surface area contributed by atoms with Crippen LogP contribution in [0.2, 0.25) is 0 Å². The second-order valence-electron chi connectivity index (χ2n) is 4.45. The third-order valence-corrected chi connectivity index (χ3v) is 3.16. The Kier molecular flexibility index (Phi) is 2.84. The van der Waals surface area contributed by atoms with Crippen LogP contribution in [-0.4, -0.2) is 0 Å². The Bertz CT molecular complexity index is 746. The zero-order chi connectivity index (χ0) is 13.4. The number of rotatable bonds is 2. The Morgan fingerprint density at radius 2 is 1.89 bits per heavy atom. The lowest BCUT2D eigenvalue weighted by molar-refractivity contribution is 0.593. The maximum Gasteiger partial charge on any atom is 0.142 e. The Balaban J connectivity index is 2.35. The summed E-state index contributed by atoms with van der Waals surface area (Å²) in [4.78, 5) is 0. The largest absolute Gasteiger partial charge is 0.460 e. The van der Waals surface area contributed by atoms with Crippen molar-refractivity contribution in [1.82, 2.24) is 0 Å². The minimum atomic E-state index is -0.296. The van der Waals surface area contributed by atoms with Gasteiger partial charge in [-0.15, -0.1) is 0 Å². The quantitative estimate of drug-likeness (QED) is 0.753.